The Bertz CT molecular complexity index is 7320. The minimum Gasteiger partial charge on any atom is -0.504 e. The van der Waals surface area contributed by atoms with Crippen molar-refractivity contribution in [2.24, 2.45) is 0 Å². The number of phenols is 30. The van der Waals surface area contributed by atoms with Crippen molar-refractivity contribution in [2.75, 3.05) is 13.2 Å². The standard InChI is InChI=1S/C89H62O56/c90-31-2-1-25-49(58(31)109)51-27(16-45(62(113)65(51)116)134-69-29(77(120)121)14-43(102)60(111)67(69)118)83(127)132-18-47-71(138-85(25)129)73(140-78(122)20-3-32(91)53(104)33(92)4-20)76(143-81(125)23-9-38(97)56(107)39(98)10-23)89(137-47)145-87(131)30-15-44(103)61(112)68(119)70(30)135-46-17-28-52(66(117)63(46)114)50-26(13-42(101)59(110)64(50)115)86(130)139-72-48(19-133-84(28)128)136-88(144-82(126)24-11-40(99)57(108)41(100)12-24)75(142-80(124)22-7-36(95)55(106)37(96)8-22)74(72)141-79(123)21-5-34(93)54(105)35(94)6-21/h1-17,47-48,71-76,88-119H,18-19H2,(H,120,121)/t47-,48-,71-,72+,73+,74+,75-,76-,88+,89+/m1/s1. The number of cyclic esters (lactones) is 2. The predicted octanol–water partition coefficient (Wildman–Crippen LogP) is 4.93. The number of esters is 10. The molecule has 0 aromatic heterocycles. The molecule has 0 spiro atoms. The highest BCUT2D eigenvalue weighted by atomic mass is 16.8. The number of hydrogen-bond donors (Lipinski definition) is 31. The quantitative estimate of drug-likeness (QED) is 0.0326. The molecule has 56 nitrogen and oxygen atoms in total. The highest BCUT2D eigenvalue weighted by molar-refractivity contribution is 6.11. The molecule has 31 N–H and O–H groups in total. The Kier molecular flexibility index (Phi) is 25.3. The number of aromatic carboxylic acids is 1. The third kappa shape index (κ3) is 17.8. The molecule has 11 aromatic rings. The maximum atomic E-state index is 15.7. The molecule has 2 saturated heterocycles. The lowest BCUT2D eigenvalue weighted by atomic mass is 9.91. The van der Waals surface area contributed by atoms with Gasteiger partial charge in [0, 0.05) is 46.5 Å². The summed E-state index contributed by atoms with van der Waals surface area (Å²) in [5.74, 6) is -73.2. The Labute approximate surface area is 796 Å². The Morgan fingerprint density at radius 3 is 0.862 bits per heavy atom. The summed E-state index contributed by atoms with van der Waals surface area (Å²) in [6, 6.07) is 5.77. The number of carboxylic acid groups (broad SMARTS) is 1. The van der Waals surface area contributed by atoms with E-state index >= 15 is 24.0 Å². The van der Waals surface area contributed by atoms with E-state index in [0.29, 0.717) is 72.8 Å². The Hall–Kier alpha value is -20.9. The second kappa shape index (κ2) is 37.2. The van der Waals surface area contributed by atoms with Crippen molar-refractivity contribution < 1.29 is 277 Å². The summed E-state index contributed by atoms with van der Waals surface area (Å²) < 4.78 is 80.3. The van der Waals surface area contributed by atoms with Gasteiger partial charge in [-0.05, 0) is 78.9 Å². The van der Waals surface area contributed by atoms with E-state index in [-0.39, 0.29) is 30.3 Å². The molecule has 0 aliphatic carbocycles. The molecule has 11 aromatic carbocycles. The summed E-state index contributed by atoms with van der Waals surface area (Å²) in [4.78, 5) is 162. The largest absolute Gasteiger partial charge is 0.504 e. The molecule has 15 rings (SSSR count). The minimum absolute atomic E-state index is 0.0485. The van der Waals surface area contributed by atoms with Crippen molar-refractivity contribution >= 4 is 65.7 Å². The fraction of sp³-hybridized carbons (Fsp3) is 0.135. The predicted molar refractivity (Wildman–Crippen MR) is 450 cm³/mol. The fourth-order valence-electron chi connectivity index (χ4n) is 14.9. The zero-order valence-electron chi connectivity index (χ0n) is 71.1. The SMILES string of the molecule is O=C(O[C@@H]1O[C@@H]2COC(=O)c3cc(Oc4c(C(=O)O[C@@H]5O[C@@H]6COC(=O)c7cc(Oc8c(C(=O)O)cc(O)c(O)c8O)c(O)c(O)c7-c7c(ccc(O)c7O)C(=O)O[C@H]6[C@H](OC(=O)c6cc(O)c(O)c(O)c6)[C@H]5OC(=O)c5cc(O)c(O)c(O)c5)cc(O)c(O)c4O)c(O)c(O)c3-c3c(cc(O)c(O)c3O)C(=O)O[C@@H]2[C@H](OC(=O)c2cc(O)c(O)c(O)c2)[C@H]1OC(=O)c1cc(O)c(O)c(O)c1)c1cc(O)c(O)c(O)c1. The van der Waals surface area contributed by atoms with E-state index in [0.717, 1.165) is 0 Å². The van der Waals surface area contributed by atoms with E-state index in [9.17, 15) is 187 Å². The first-order valence-electron chi connectivity index (χ1n) is 40.0. The first-order chi connectivity index (χ1) is 68.2. The highest BCUT2D eigenvalue weighted by Crippen LogP contribution is 2.59. The van der Waals surface area contributed by atoms with Crippen molar-refractivity contribution in [1.82, 2.24) is 0 Å². The van der Waals surface area contributed by atoms with Crippen LogP contribution in [0.25, 0.3) is 22.3 Å². The zero-order valence-corrected chi connectivity index (χ0v) is 71.1. The molecular formula is C89H62O56. The zero-order chi connectivity index (χ0) is 106. The normalized spacial score (nSPS) is 18.5. The van der Waals surface area contributed by atoms with Crippen LogP contribution in [0.2, 0.25) is 0 Å². The molecule has 2 fully saturated rings. The molecule has 56 heteroatoms. The summed E-state index contributed by atoms with van der Waals surface area (Å²) in [6.07, 6.45) is -28.9. The number of aromatic hydroxyl groups is 30. The number of ether oxygens (including phenoxy) is 14. The maximum absolute atomic E-state index is 15.7. The number of carbonyl (C=O) groups is 11. The van der Waals surface area contributed by atoms with Crippen LogP contribution in [0, 0.1) is 0 Å². The molecule has 0 radical (unpaired) electrons. The van der Waals surface area contributed by atoms with E-state index in [4.69, 9.17) is 66.3 Å². The minimum atomic E-state index is -3.21. The second-order valence-electron chi connectivity index (χ2n) is 30.9. The summed E-state index contributed by atoms with van der Waals surface area (Å²) in [5, 5.41) is 339. The van der Waals surface area contributed by atoms with Crippen LogP contribution in [0.4, 0.5) is 0 Å². The Morgan fingerprint density at radius 2 is 0.517 bits per heavy atom. The van der Waals surface area contributed by atoms with Gasteiger partial charge in [-0.1, -0.05) is 0 Å². The van der Waals surface area contributed by atoms with Gasteiger partial charge in [-0.15, -0.1) is 0 Å². The molecule has 10 atom stereocenters. The van der Waals surface area contributed by atoms with Gasteiger partial charge in [0.15, 0.2) is 180 Å². The van der Waals surface area contributed by atoms with E-state index in [2.05, 4.69) is 0 Å². The molecule has 145 heavy (non-hydrogen) atoms. The maximum Gasteiger partial charge on any atom is 0.344 e. The van der Waals surface area contributed by atoms with Gasteiger partial charge < -0.3 is 225 Å². The molecule has 0 amide bonds. The number of carboxylic acids is 1. The van der Waals surface area contributed by atoms with Crippen LogP contribution in [0.3, 0.4) is 0 Å². The van der Waals surface area contributed by atoms with Gasteiger partial charge in [0.05, 0.1) is 50.1 Å². The number of carbonyl (C=O) groups excluding carboxylic acids is 10. The van der Waals surface area contributed by atoms with Crippen LogP contribution < -0.4 is 9.47 Å². The van der Waals surface area contributed by atoms with Gasteiger partial charge in [-0.3, -0.25) is 0 Å². The Balaban J connectivity index is 0.863. The van der Waals surface area contributed by atoms with Gasteiger partial charge in [-0.25, -0.2) is 52.7 Å². The van der Waals surface area contributed by atoms with Crippen molar-refractivity contribution in [1.29, 1.82) is 0 Å². The third-order valence-corrected chi connectivity index (χ3v) is 21.9. The van der Waals surface area contributed by atoms with Gasteiger partial charge in [0.2, 0.25) is 65.0 Å². The lowest BCUT2D eigenvalue weighted by molar-refractivity contribution is -0.282. The monoisotopic (exact) mass is 2030 g/mol. The lowest BCUT2D eigenvalue weighted by Crippen LogP contribution is -2.63. The molecular weight excluding hydrogens is 1960 g/mol. The summed E-state index contributed by atoms with van der Waals surface area (Å²) in [5.41, 5.74) is -19.4. The van der Waals surface area contributed by atoms with Crippen molar-refractivity contribution in [3.8, 4) is 218 Å². The number of benzene rings is 11. The van der Waals surface area contributed by atoms with Crippen LogP contribution in [0.15, 0.2) is 103 Å². The van der Waals surface area contributed by atoms with E-state index in [1.54, 1.807) is 0 Å². The highest BCUT2D eigenvalue weighted by Gasteiger charge is 2.58. The topological polar surface area (TPSA) is 944 Å². The molecule has 4 aliphatic rings. The Morgan fingerprint density at radius 1 is 0.248 bits per heavy atom. The average Bonchev–Trinajstić information content (AvgIpc) is 1.64. The molecule has 0 unspecified atom stereocenters. The second-order valence-corrected chi connectivity index (χ2v) is 30.9. The number of fused-ring (bicyclic) bond motifs is 8. The number of rotatable bonds is 17. The van der Waals surface area contributed by atoms with Crippen molar-refractivity contribution in [2.45, 2.75) is 61.4 Å². The molecule has 4 aliphatic heterocycles. The smallest absolute Gasteiger partial charge is 0.344 e. The van der Waals surface area contributed by atoms with Crippen LogP contribution >= 0.6 is 0 Å². The van der Waals surface area contributed by atoms with E-state index in [1.165, 1.54) is 0 Å². The first kappa shape index (κ1) is 98.6. The lowest BCUT2D eigenvalue weighted by Gasteiger charge is -2.43. The van der Waals surface area contributed by atoms with Crippen LogP contribution in [-0.4, -0.2) is 299 Å². The van der Waals surface area contributed by atoms with E-state index < -0.39 is 419 Å². The fourth-order valence-corrected chi connectivity index (χ4v) is 14.9. The van der Waals surface area contributed by atoms with Crippen LogP contribution in [0.1, 0.15) is 114 Å². The molecule has 754 valence electrons. The van der Waals surface area contributed by atoms with Gasteiger partial charge >= 0.3 is 65.7 Å². The van der Waals surface area contributed by atoms with Gasteiger partial charge in [0.25, 0.3) is 0 Å². The molecule has 0 saturated carbocycles. The van der Waals surface area contributed by atoms with Crippen LogP contribution in [-0.2, 0) is 56.8 Å². The van der Waals surface area contributed by atoms with Crippen molar-refractivity contribution in [3.05, 3.63) is 164 Å². The van der Waals surface area contributed by atoms with E-state index in [1.807, 2.05) is 0 Å². The van der Waals surface area contributed by atoms with Crippen molar-refractivity contribution in [3.63, 3.8) is 0 Å². The summed E-state index contributed by atoms with van der Waals surface area (Å²) in [7, 11) is 0. The third-order valence-electron chi connectivity index (χ3n) is 21.9. The van der Waals surface area contributed by atoms with Gasteiger partial charge in [-0.2, -0.15) is 0 Å². The summed E-state index contributed by atoms with van der Waals surface area (Å²) in [6.45, 7) is -3.41. The molecule has 4 heterocycles. The summed E-state index contributed by atoms with van der Waals surface area (Å²) >= 11 is 0. The number of phenolic OH excluding ortho intramolecular Hbond substituents is 30. The van der Waals surface area contributed by atoms with Gasteiger partial charge in [0.1, 0.15) is 36.5 Å². The first-order valence-corrected chi connectivity index (χ1v) is 40.0. The molecule has 0 bridgehead atoms. The number of hydrogen-bond acceptors (Lipinski definition) is 55. The van der Waals surface area contributed by atoms with Crippen LogP contribution in [0.5, 0.6) is 195 Å². The average molecular weight is 2030 g/mol.